The Labute approximate surface area is 118 Å². The van der Waals surface area contributed by atoms with E-state index < -0.39 is 22.2 Å². The first kappa shape index (κ1) is 15.2. The van der Waals surface area contributed by atoms with Crippen LogP contribution in [0.25, 0.3) is 0 Å². The van der Waals surface area contributed by atoms with Crippen molar-refractivity contribution in [2.24, 2.45) is 0 Å². The van der Waals surface area contributed by atoms with Crippen LogP contribution in [0.3, 0.4) is 0 Å². The molecule has 112 valence electrons. The Balaban J connectivity index is 2.30. The fourth-order valence-corrected chi connectivity index (χ4v) is 3.65. The molecule has 2 unspecified atom stereocenters. The first-order valence-corrected chi connectivity index (χ1v) is 7.95. The van der Waals surface area contributed by atoms with E-state index in [4.69, 9.17) is 0 Å². The van der Waals surface area contributed by atoms with Crippen LogP contribution >= 0.6 is 0 Å². The Morgan fingerprint density at radius 1 is 1.40 bits per heavy atom. The molecule has 0 amide bonds. The molecule has 0 saturated carbocycles. The second-order valence-corrected chi connectivity index (χ2v) is 6.66. The van der Waals surface area contributed by atoms with E-state index in [0.717, 1.165) is 10.7 Å². The Kier molecular flexibility index (Phi) is 4.59. The number of β-amino-alcohol motifs (C(OH)–C–C–N with tert-alkyl or cyclic N) is 2. The zero-order valence-corrected chi connectivity index (χ0v) is 12.0. The first-order chi connectivity index (χ1) is 9.46. The zero-order chi connectivity index (χ0) is 14.8. The SMILES string of the molecule is CCCNc1ccncc1S(=O)(=O)N1CC(O)C(O)C1. The molecular weight excluding hydrogens is 282 g/mol. The molecule has 0 aromatic carbocycles. The fraction of sp³-hybridized carbons (Fsp3) is 0.583. The quantitative estimate of drug-likeness (QED) is 0.686. The van der Waals surface area contributed by atoms with Gasteiger partial charge in [-0.3, -0.25) is 4.98 Å². The average molecular weight is 301 g/mol. The number of anilines is 1. The van der Waals surface area contributed by atoms with E-state index in [-0.39, 0.29) is 18.0 Å². The van der Waals surface area contributed by atoms with Crippen molar-refractivity contribution in [3.05, 3.63) is 18.5 Å². The minimum Gasteiger partial charge on any atom is -0.389 e. The van der Waals surface area contributed by atoms with Crippen molar-refractivity contribution < 1.29 is 18.6 Å². The molecule has 3 N–H and O–H groups in total. The lowest BCUT2D eigenvalue weighted by molar-refractivity contribution is 0.0572. The number of hydrogen-bond donors (Lipinski definition) is 3. The zero-order valence-electron chi connectivity index (χ0n) is 11.2. The van der Waals surface area contributed by atoms with Gasteiger partial charge in [0.15, 0.2) is 0 Å². The highest BCUT2D eigenvalue weighted by Gasteiger charge is 2.38. The van der Waals surface area contributed by atoms with Gasteiger partial charge >= 0.3 is 0 Å². The van der Waals surface area contributed by atoms with Crippen molar-refractivity contribution in [1.82, 2.24) is 9.29 Å². The minimum atomic E-state index is -3.78. The third-order valence-electron chi connectivity index (χ3n) is 3.19. The minimum absolute atomic E-state index is 0.0646. The predicted molar refractivity (Wildman–Crippen MR) is 73.8 cm³/mol. The summed E-state index contributed by atoms with van der Waals surface area (Å²) in [4.78, 5) is 3.92. The molecule has 1 aliphatic rings. The monoisotopic (exact) mass is 301 g/mol. The summed E-state index contributed by atoms with van der Waals surface area (Å²) in [6.45, 7) is 2.42. The van der Waals surface area contributed by atoms with Gasteiger partial charge in [-0.1, -0.05) is 6.92 Å². The van der Waals surface area contributed by atoms with E-state index >= 15 is 0 Å². The summed E-state index contributed by atoms with van der Waals surface area (Å²) in [5.74, 6) is 0. The van der Waals surface area contributed by atoms with Crippen molar-refractivity contribution in [3.63, 3.8) is 0 Å². The molecule has 7 nitrogen and oxygen atoms in total. The Hall–Kier alpha value is -1.22. The summed E-state index contributed by atoms with van der Waals surface area (Å²) in [5, 5.41) is 22.0. The summed E-state index contributed by atoms with van der Waals surface area (Å²) in [6.07, 6.45) is 1.57. The number of aliphatic hydroxyl groups excluding tert-OH is 2. The second-order valence-electron chi connectivity index (χ2n) is 4.76. The number of aromatic nitrogens is 1. The van der Waals surface area contributed by atoms with Gasteiger partial charge < -0.3 is 15.5 Å². The van der Waals surface area contributed by atoms with Crippen LogP contribution in [0.4, 0.5) is 5.69 Å². The van der Waals surface area contributed by atoms with E-state index in [1.807, 2.05) is 6.92 Å². The predicted octanol–water partition coefficient (Wildman–Crippen LogP) is -0.370. The molecule has 2 rings (SSSR count). The van der Waals surface area contributed by atoms with Crippen LogP contribution in [0.1, 0.15) is 13.3 Å². The van der Waals surface area contributed by atoms with Gasteiger partial charge in [0.2, 0.25) is 10.0 Å². The summed E-state index contributed by atoms with van der Waals surface area (Å²) in [5.41, 5.74) is 0.484. The molecule has 1 fully saturated rings. The number of hydrogen-bond acceptors (Lipinski definition) is 6. The van der Waals surface area contributed by atoms with E-state index in [9.17, 15) is 18.6 Å². The Bertz CT molecular complexity index is 554. The molecule has 0 spiro atoms. The topological polar surface area (TPSA) is 103 Å². The average Bonchev–Trinajstić information content (AvgIpc) is 2.77. The maximum Gasteiger partial charge on any atom is 0.246 e. The lowest BCUT2D eigenvalue weighted by atomic mass is 10.3. The van der Waals surface area contributed by atoms with Gasteiger partial charge in [-0.25, -0.2) is 8.42 Å². The van der Waals surface area contributed by atoms with Crippen molar-refractivity contribution in [3.8, 4) is 0 Å². The van der Waals surface area contributed by atoms with Crippen molar-refractivity contribution in [2.75, 3.05) is 25.0 Å². The molecule has 0 aliphatic carbocycles. The number of aliphatic hydroxyl groups is 2. The van der Waals surface area contributed by atoms with Gasteiger partial charge in [-0.2, -0.15) is 4.31 Å². The molecule has 0 bridgehead atoms. The number of nitrogens with zero attached hydrogens (tertiary/aromatic N) is 2. The standard InChI is InChI=1S/C12H19N3O4S/c1-2-4-14-9-3-5-13-6-12(9)20(18,19)15-7-10(16)11(17)8-15/h3,5-6,10-11,16-17H,2,4,7-8H2,1H3,(H,13,14). The maximum absolute atomic E-state index is 12.5. The third kappa shape index (κ3) is 2.93. The first-order valence-electron chi connectivity index (χ1n) is 6.51. The normalized spacial score (nSPS) is 23.9. The van der Waals surface area contributed by atoms with Crippen molar-refractivity contribution in [2.45, 2.75) is 30.4 Å². The number of sulfonamides is 1. The van der Waals surface area contributed by atoms with Crippen LogP contribution < -0.4 is 5.32 Å². The molecule has 2 atom stereocenters. The van der Waals surface area contributed by atoms with Gasteiger partial charge in [0, 0.05) is 32.0 Å². The lowest BCUT2D eigenvalue weighted by Gasteiger charge is -2.18. The Morgan fingerprint density at radius 3 is 2.65 bits per heavy atom. The summed E-state index contributed by atoms with van der Waals surface area (Å²) in [7, 11) is -3.78. The molecular formula is C12H19N3O4S. The van der Waals surface area contributed by atoms with Gasteiger partial charge in [-0.05, 0) is 12.5 Å². The third-order valence-corrected chi connectivity index (χ3v) is 5.05. The van der Waals surface area contributed by atoms with E-state index in [0.29, 0.717) is 12.2 Å². The van der Waals surface area contributed by atoms with Gasteiger partial charge in [0.05, 0.1) is 17.9 Å². The maximum atomic E-state index is 12.5. The molecule has 2 heterocycles. The van der Waals surface area contributed by atoms with Crippen molar-refractivity contribution >= 4 is 15.7 Å². The second kappa shape index (κ2) is 6.04. The van der Waals surface area contributed by atoms with Gasteiger partial charge in [0.25, 0.3) is 0 Å². The van der Waals surface area contributed by atoms with Crippen LogP contribution in [0.15, 0.2) is 23.4 Å². The Morgan fingerprint density at radius 2 is 2.05 bits per heavy atom. The van der Waals surface area contributed by atoms with Gasteiger partial charge in [-0.15, -0.1) is 0 Å². The molecule has 1 saturated heterocycles. The van der Waals surface area contributed by atoms with Crippen LogP contribution in [0.5, 0.6) is 0 Å². The highest BCUT2D eigenvalue weighted by molar-refractivity contribution is 7.89. The molecule has 1 aliphatic heterocycles. The van der Waals surface area contributed by atoms with E-state index in [1.165, 1.54) is 12.4 Å². The molecule has 0 radical (unpaired) electrons. The molecule has 1 aromatic heterocycles. The molecule has 1 aromatic rings. The van der Waals surface area contributed by atoms with Crippen LogP contribution in [-0.4, -0.2) is 59.8 Å². The lowest BCUT2D eigenvalue weighted by Crippen LogP contribution is -2.30. The van der Waals surface area contributed by atoms with Gasteiger partial charge in [0.1, 0.15) is 4.90 Å². The number of pyridine rings is 1. The summed E-state index contributed by atoms with van der Waals surface area (Å²) in [6, 6.07) is 1.60. The van der Waals surface area contributed by atoms with Crippen LogP contribution in [0, 0.1) is 0 Å². The largest absolute Gasteiger partial charge is 0.389 e. The number of rotatable bonds is 5. The number of nitrogens with one attached hydrogen (secondary N) is 1. The fourth-order valence-electron chi connectivity index (χ4n) is 2.06. The van der Waals surface area contributed by atoms with Crippen LogP contribution in [-0.2, 0) is 10.0 Å². The van der Waals surface area contributed by atoms with Crippen molar-refractivity contribution in [1.29, 1.82) is 0 Å². The van der Waals surface area contributed by atoms with E-state index in [2.05, 4.69) is 10.3 Å². The molecule has 8 heteroatoms. The smallest absolute Gasteiger partial charge is 0.246 e. The highest BCUT2D eigenvalue weighted by atomic mass is 32.2. The highest BCUT2D eigenvalue weighted by Crippen LogP contribution is 2.26. The summed E-state index contributed by atoms with van der Waals surface area (Å²) < 4.78 is 26.1. The molecule has 20 heavy (non-hydrogen) atoms. The van der Waals surface area contributed by atoms with E-state index in [1.54, 1.807) is 6.07 Å². The summed E-state index contributed by atoms with van der Waals surface area (Å²) >= 11 is 0. The van der Waals surface area contributed by atoms with Crippen LogP contribution in [0.2, 0.25) is 0 Å².